The molecular formula is C15H19BrO3. The average molecular weight is 327 g/mol. The number of halogens is 1. The molecule has 1 saturated carbocycles. The number of ether oxygens (including phenoxy) is 1. The maximum atomic E-state index is 10.8. The molecule has 0 heterocycles. The van der Waals surface area contributed by atoms with E-state index < -0.39 is 5.97 Å². The molecule has 0 aromatic heterocycles. The first-order valence-electron chi connectivity index (χ1n) is 6.70. The zero-order valence-electron chi connectivity index (χ0n) is 11.1. The number of hydrogen-bond acceptors (Lipinski definition) is 2. The van der Waals surface area contributed by atoms with Gasteiger partial charge in [-0.2, -0.15) is 0 Å². The van der Waals surface area contributed by atoms with Gasteiger partial charge in [0.05, 0.1) is 17.0 Å². The Morgan fingerprint density at radius 2 is 2.26 bits per heavy atom. The Morgan fingerprint density at radius 1 is 1.53 bits per heavy atom. The van der Waals surface area contributed by atoms with Crippen molar-refractivity contribution in [2.24, 2.45) is 11.8 Å². The van der Waals surface area contributed by atoms with Gasteiger partial charge in [0.25, 0.3) is 0 Å². The van der Waals surface area contributed by atoms with Crippen LogP contribution in [0.25, 0.3) is 0 Å². The fraction of sp³-hybridized carbons (Fsp3) is 0.533. The predicted molar refractivity (Wildman–Crippen MR) is 77.5 cm³/mol. The quantitative estimate of drug-likeness (QED) is 0.862. The maximum Gasteiger partial charge on any atom is 0.306 e. The van der Waals surface area contributed by atoms with Crippen LogP contribution in [0.15, 0.2) is 22.7 Å². The number of aliphatic carboxylic acids is 1. The molecule has 0 saturated heterocycles. The van der Waals surface area contributed by atoms with Gasteiger partial charge in [-0.15, -0.1) is 0 Å². The van der Waals surface area contributed by atoms with Gasteiger partial charge in [0.2, 0.25) is 0 Å². The molecule has 1 fully saturated rings. The lowest BCUT2D eigenvalue weighted by Crippen LogP contribution is -2.19. The Kier molecular flexibility index (Phi) is 4.86. The van der Waals surface area contributed by atoms with Crippen LogP contribution in [0.5, 0.6) is 5.75 Å². The Labute approximate surface area is 122 Å². The maximum absolute atomic E-state index is 10.8. The number of carboxylic acid groups (broad SMARTS) is 1. The normalized spacial score (nSPS) is 16.7. The molecule has 3 nitrogen and oxygen atoms in total. The van der Waals surface area contributed by atoms with Gasteiger partial charge in [0.1, 0.15) is 5.75 Å². The molecule has 0 bridgehead atoms. The van der Waals surface area contributed by atoms with E-state index in [1.165, 1.54) is 19.3 Å². The summed E-state index contributed by atoms with van der Waals surface area (Å²) in [7, 11) is 0. The second-order valence-electron chi connectivity index (χ2n) is 5.32. The van der Waals surface area contributed by atoms with Gasteiger partial charge in [0, 0.05) is 0 Å². The number of hydrogen-bond donors (Lipinski definition) is 1. The summed E-state index contributed by atoms with van der Waals surface area (Å²) in [5, 5.41) is 8.91. The fourth-order valence-corrected chi connectivity index (χ4v) is 2.64. The van der Waals surface area contributed by atoms with Crippen molar-refractivity contribution >= 4 is 21.9 Å². The second-order valence-corrected chi connectivity index (χ2v) is 6.17. The second kappa shape index (κ2) is 6.42. The third-order valence-corrected chi connectivity index (χ3v) is 4.28. The lowest BCUT2D eigenvalue weighted by molar-refractivity contribution is -0.141. The Balaban J connectivity index is 1.93. The summed E-state index contributed by atoms with van der Waals surface area (Å²) in [6.07, 6.45) is 4.40. The average Bonchev–Trinajstić information content (AvgIpc) is 2.29. The van der Waals surface area contributed by atoms with Crippen molar-refractivity contribution in [2.45, 2.75) is 32.6 Å². The van der Waals surface area contributed by atoms with Crippen LogP contribution in [-0.4, -0.2) is 17.7 Å². The van der Waals surface area contributed by atoms with E-state index >= 15 is 0 Å². The molecule has 0 amide bonds. The molecule has 2 rings (SSSR count). The largest absolute Gasteiger partial charge is 0.492 e. The molecule has 0 radical (unpaired) electrons. The highest BCUT2D eigenvalue weighted by Gasteiger charge is 2.18. The van der Waals surface area contributed by atoms with E-state index in [0.29, 0.717) is 12.3 Å². The van der Waals surface area contributed by atoms with Crippen molar-refractivity contribution in [3.63, 3.8) is 0 Å². The third kappa shape index (κ3) is 3.96. The van der Waals surface area contributed by atoms with E-state index in [1.54, 1.807) is 6.92 Å². The van der Waals surface area contributed by atoms with Gasteiger partial charge in [-0.1, -0.05) is 19.4 Å². The Bertz CT molecular complexity index is 455. The van der Waals surface area contributed by atoms with Crippen molar-refractivity contribution in [3.8, 4) is 5.75 Å². The van der Waals surface area contributed by atoms with Crippen molar-refractivity contribution in [1.29, 1.82) is 0 Å². The fourth-order valence-electron chi connectivity index (χ4n) is 2.10. The minimum absolute atomic E-state index is 0.367. The van der Waals surface area contributed by atoms with Crippen molar-refractivity contribution in [1.82, 2.24) is 0 Å². The van der Waals surface area contributed by atoms with Gasteiger partial charge >= 0.3 is 5.97 Å². The van der Waals surface area contributed by atoms with Crippen molar-refractivity contribution in [3.05, 3.63) is 28.2 Å². The van der Waals surface area contributed by atoms with Crippen molar-refractivity contribution < 1.29 is 14.6 Å². The van der Waals surface area contributed by atoms with Crippen molar-refractivity contribution in [2.75, 3.05) is 6.61 Å². The molecule has 0 aliphatic heterocycles. The third-order valence-electron chi connectivity index (χ3n) is 3.66. The standard InChI is InChI=1S/C15H19BrO3/c1-10(15(17)18)7-12-5-6-14(13(16)8-12)19-9-11-3-2-4-11/h5-6,8,10-11H,2-4,7,9H2,1H3,(H,17,18). The van der Waals surface area contributed by atoms with Crippen LogP contribution in [-0.2, 0) is 11.2 Å². The van der Waals surface area contributed by atoms with Gasteiger partial charge in [-0.3, -0.25) is 4.79 Å². The number of carbonyl (C=O) groups is 1. The first kappa shape index (κ1) is 14.4. The van der Waals surface area contributed by atoms with E-state index in [-0.39, 0.29) is 5.92 Å². The molecule has 0 spiro atoms. The van der Waals surface area contributed by atoms with Gasteiger partial charge in [-0.05, 0) is 58.8 Å². The van der Waals surface area contributed by atoms with Crippen LogP contribution >= 0.6 is 15.9 Å². The monoisotopic (exact) mass is 326 g/mol. The van der Waals surface area contributed by atoms with E-state index in [2.05, 4.69) is 15.9 Å². The molecule has 1 N–H and O–H groups in total. The number of carboxylic acids is 1. The zero-order chi connectivity index (χ0) is 13.8. The summed E-state index contributed by atoms with van der Waals surface area (Å²) >= 11 is 3.49. The van der Waals surface area contributed by atoms with Crippen LogP contribution in [0.3, 0.4) is 0 Å². The van der Waals surface area contributed by atoms with E-state index in [1.807, 2.05) is 18.2 Å². The van der Waals surface area contributed by atoms with Crippen LogP contribution in [0, 0.1) is 11.8 Å². The summed E-state index contributed by atoms with van der Waals surface area (Å²) in [6, 6.07) is 5.82. The molecule has 104 valence electrons. The topological polar surface area (TPSA) is 46.5 Å². The summed E-state index contributed by atoms with van der Waals surface area (Å²) < 4.78 is 6.69. The smallest absolute Gasteiger partial charge is 0.306 e. The Morgan fingerprint density at radius 3 is 2.79 bits per heavy atom. The predicted octanol–water partition coefficient (Wildman–Crippen LogP) is 3.89. The lowest BCUT2D eigenvalue weighted by atomic mass is 9.86. The highest BCUT2D eigenvalue weighted by Crippen LogP contribution is 2.31. The summed E-state index contributed by atoms with van der Waals surface area (Å²) in [4.78, 5) is 10.8. The molecule has 1 aromatic rings. The summed E-state index contributed by atoms with van der Waals surface area (Å²) in [6.45, 7) is 2.50. The van der Waals surface area contributed by atoms with E-state index in [0.717, 1.165) is 22.4 Å². The summed E-state index contributed by atoms with van der Waals surface area (Å²) in [5.74, 6) is 0.423. The summed E-state index contributed by atoms with van der Waals surface area (Å²) in [5.41, 5.74) is 1.01. The molecule has 1 aromatic carbocycles. The SMILES string of the molecule is CC(Cc1ccc(OCC2CCC2)c(Br)c1)C(=O)O. The zero-order valence-corrected chi connectivity index (χ0v) is 12.6. The number of benzene rings is 1. The molecule has 1 unspecified atom stereocenters. The molecule has 1 aliphatic carbocycles. The number of rotatable bonds is 6. The van der Waals surface area contributed by atoms with Crippen LogP contribution in [0.2, 0.25) is 0 Å². The van der Waals surface area contributed by atoms with Crippen LogP contribution < -0.4 is 4.74 Å². The van der Waals surface area contributed by atoms with Gasteiger partial charge in [0.15, 0.2) is 0 Å². The highest BCUT2D eigenvalue weighted by atomic mass is 79.9. The minimum atomic E-state index is -0.763. The lowest BCUT2D eigenvalue weighted by Gasteiger charge is -2.25. The minimum Gasteiger partial charge on any atom is -0.492 e. The highest BCUT2D eigenvalue weighted by molar-refractivity contribution is 9.10. The van der Waals surface area contributed by atoms with E-state index in [9.17, 15) is 4.79 Å². The molecule has 1 atom stereocenters. The first-order chi connectivity index (χ1) is 9.06. The van der Waals surface area contributed by atoms with Gasteiger partial charge in [-0.25, -0.2) is 0 Å². The van der Waals surface area contributed by atoms with Crippen LogP contribution in [0.1, 0.15) is 31.7 Å². The molecular weight excluding hydrogens is 308 g/mol. The molecule has 4 heteroatoms. The Hall–Kier alpha value is -1.03. The molecule has 1 aliphatic rings. The first-order valence-corrected chi connectivity index (χ1v) is 7.49. The van der Waals surface area contributed by atoms with Crippen LogP contribution in [0.4, 0.5) is 0 Å². The molecule has 19 heavy (non-hydrogen) atoms. The van der Waals surface area contributed by atoms with E-state index in [4.69, 9.17) is 9.84 Å². The van der Waals surface area contributed by atoms with Gasteiger partial charge < -0.3 is 9.84 Å².